The van der Waals surface area contributed by atoms with E-state index in [0.717, 1.165) is 6.20 Å². The molecule has 3 saturated carbocycles. The highest BCUT2D eigenvalue weighted by Gasteiger charge is 2.30. The van der Waals surface area contributed by atoms with Crippen molar-refractivity contribution in [2.24, 2.45) is 34.9 Å². The van der Waals surface area contributed by atoms with E-state index in [9.17, 15) is 29.7 Å². The van der Waals surface area contributed by atoms with E-state index in [1.807, 2.05) is 62.3 Å². The number of carbonyl (C=O) groups is 3. The number of nitrogens with one attached hydrogen (secondary N) is 6. The SMILES string of the molecule is [2H]C1(C)CCC(Nc2nc(NC(C)(C)C)ncc2C(N)=O)C([2H])([2H])C1O.[2H]C1(C)CCC([2H])(Nc2nc(NC(C)(C)C)ncc2C(N)=O)C([2H])([2H])C1([2H])O.[2H]C1(Nc2nc(NC(C)(C)C)ncc2C(N)=O)CCC([2H])(C([2H])([2H])[2H])C(O)C1. The lowest BCUT2D eigenvalue weighted by atomic mass is 9.85. The van der Waals surface area contributed by atoms with Crippen LogP contribution in [-0.4, -0.2) is 116 Å². The number of primary amides is 3. The van der Waals surface area contributed by atoms with Crippen molar-refractivity contribution < 1.29 is 47.5 Å². The van der Waals surface area contributed by atoms with Crippen LogP contribution in [0.3, 0.4) is 0 Å². The fourth-order valence-electron chi connectivity index (χ4n) is 6.55. The molecule has 3 heterocycles. The maximum atomic E-state index is 11.8. The lowest BCUT2D eigenvalue weighted by Crippen LogP contribution is -2.36. The van der Waals surface area contributed by atoms with E-state index in [2.05, 4.69) is 61.8 Å². The number of amides is 3. The Kier molecular flexibility index (Phi) is 13.5. The summed E-state index contributed by atoms with van der Waals surface area (Å²) in [4.78, 5) is 60.0. The van der Waals surface area contributed by atoms with E-state index < -0.39 is 96.9 Å². The molecule has 3 aromatic heterocycles. The Balaban J connectivity index is 0.000000265. The van der Waals surface area contributed by atoms with Gasteiger partial charge in [-0.1, -0.05) is 20.7 Å². The number of rotatable bonds is 12. The van der Waals surface area contributed by atoms with Gasteiger partial charge in [0.1, 0.15) is 17.5 Å². The predicted octanol–water partition coefficient (Wildman–Crippen LogP) is 5.24. The van der Waals surface area contributed by atoms with Gasteiger partial charge in [-0.3, -0.25) is 14.4 Å². The van der Waals surface area contributed by atoms with Crippen LogP contribution in [0.2, 0.25) is 0 Å². The fraction of sp³-hybridized carbons (Fsp3) is 0.688. The highest BCUT2D eigenvalue weighted by Crippen LogP contribution is 2.30. The molecule has 3 aliphatic carbocycles. The van der Waals surface area contributed by atoms with Gasteiger partial charge in [0.05, 0.1) is 39.1 Å². The Morgan fingerprint density at radius 3 is 1.38 bits per heavy atom. The van der Waals surface area contributed by atoms with Crippen molar-refractivity contribution in [1.82, 2.24) is 29.9 Å². The molecule has 69 heavy (non-hydrogen) atoms. The highest BCUT2D eigenvalue weighted by atomic mass is 16.3. The molecule has 15 N–H and O–H groups in total. The summed E-state index contributed by atoms with van der Waals surface area (Å²) in [7, 11) is 0. The first kappa shape index (κ1) is 39.1. The molecular weight excluding hydrogens is 883 g/mol. The lowest BCUT2D eigenvalue weighted by Gasteiger charge is -2.32. The molecule has 9 unspecified atom stereocenters. The van der Waals surface area contributed by atoms with Gasteiger partial charge in [-0.2, -0.15) is 15.0 Å². The molecule has 3 aliphatic rings. The van der Waals surface area contributed by atoms with E-state index in [4.69, 9.17) is 35.0 Å². The van der Waals surface area contributed by atoms with Crippen LogP contribution in [0.4, 0.5) is 35.3 Å². The first-order valence-electron chi connectivity index (χ1n) is 29.0. The minimum atomic E-state index is -2.88. The number of aliphatic hydroxyl groups is 3. The number of anilines is 6. The number of nitrogens with two attached hydrogens (primary N) is 3. The predicted molar refractivity (Wildman–Crippen MR) is 271 cm³/mol. The van der Waals surface area contributed by atoms with E-state index in [1.54, 1.807) is 0 Å². The maximum absolute atomic E-state index is 11.8. The van der Waals surface area contributed by atoms with Crippen molar-refractivity contribution in [3.8, 4) is 0 Å². The molecule has 0 aromatic carbocycles. The zero-order chi connectivity index (χ0) is 63.2. The Morgan fingerprint density at radius 1 is 0.580 bits per heavy atom. The van der Waals surface area contributed by atoms with Crippen LogP contribution in [0, 0.1) is 17.7 Å². The molecular formula is C48H81N15O6. The standard InChI is InChI=1S/3C16H27N5O2/c3*1-9-5-6-10(7-12(9)22)19-14-11(13(17)23)8-18-15(20-14)21-16(2,3)4/h3*8-10,12,22H,5-7H2,1-4H3,(H2,17,23)(H2,18,19,20,21)/i7D2,9D,10D,12D;1D3,9D,10D;7D2,9D. The molecule has 21 nitrogen and oxygen atoms in total. The molecule has 3 amide bonds. The van der Waals surface area contributed by atoms with Crippen molar-refractivity contribution in [2.75, 3.05) is 31.9 Å². The van der Waals surface area contributed by atoms with Crippen molar-refractivity contribution in [2.45, 2.75) is 194 Å². The normalized spacial score (nSPS) is 35.8. The van der Waals surface area contributed by atoms with Crippen LogP contribution < -0.4 is 49.1 Å². The second-order valence-electron chi connectivity index (χ2n) is 20.1. The summed E-state index contributed by atoms with van der Waals surface area (Å²) in [5, 5.41) is 48.4. The Labute approximate surface area is 425 Å². The van der Waals surface area contributed by atoms with Gasteiger partial charge in [-0.25, -0.2) is 15.0 Å². The third-order valence-electron chi connectivity index (χ3n) is 10.1. The zero-order valence-electron chi connectivity index (χ0n) is 54.4. The highest BCUT2D eigenvalue weighted by molar-refractivity contribution is 5.98. The average molecular weight is 977 g/mol. The van der Waals surface area contributed by atoms with Gasteiger partial charge in [-0.05, 0) is 138 Å². The number of hydrogen-bond donors (Lipinski definition) is 12. The van der Waals surface area contributed by atoms with Crippen molar-refractivity contribution >= 4 is 53.0 Å². The number of hydrogen-bond acceptors (Lipinski definition) is 18. The van der Waals surface area contributed by atoms with Gasteiger partial charge in [0, 0.05) is 67.0 Å². The Morgan fingerprint density at radius 2 is 0.971 bits per heavy atom. The van der Waals surface area contributed by atoms with E-state index in [0.29, 0.717) is 12.8 Å². The minimum Gasteiger partial charge on any atom is -0.393 e. The zero-order valence-corrected chi connectivity index (χ0v) is 41.4. The van der Waals surface area contributed by atoms with Crippen molar-refractivity contribution in [3.63, 3.8) is 0 Å². The number of nitrogens with zero attached hydrogens (tertiary/aromatic N) is 6. The smallest absolute Gasteiger partial charge is 0.254 e. The van der Waals surface area contributed by atoms with Gasteiger partial charge < -0.3 is 64.4 Å². The first-order chi connectivity index (χ1) is 36.7. The topological polar surface area (TPSA) is 339 Å². The molecule has 0 saturated heterocycles. The summed E-state index contributed by atoms with van der Waals surface area (Å²) in [5.74, 6) is -6.99. The van der Waals surface area contributed by atoms with Crippen molar-refractivity contribution in [3.05, 3.63) is 35.3 Å². The average Bonchev–Trinajstić information content (AvgIpc) is 1.70. The summed E-state index contributed by atoms with van der Waals surface area (Å²) in [6.45, 7) is 17.2. The van der Waals surface area contributed by atoms with Gasteiger partial charge in [-0.15, -0.1) is 0 Å². The third kappa shape index (κ3) is 18.3. The molecule has 384 valence electrons. The Hall–Kier alpha value is -5.67. The van der Waals surface area contributed by atoms with Crippen LogP contribution in [0.25, 0.3) is 0 Å². The molecule has 21 heteroatoms. The van der Waals surface area contributed by atoms with Gasteiger partial charge in [0.25, 0.3) is 17.7 Å². The maximum Gasteiger partial charge on any atom is 0.254 e. The molecule has 0 radical (unpaired) electrons. The largest absolute Gasteiger partial charge is 0.393 e. The molecule has 0 bridgehead atoms. The van der Waals surface area contributed by atoms with Gasteiger partial charge in [0.15, 0.2) is 0 Å². The lowest BCUT2D eigenvalue weighted by molar-refractivity contribution is 0.0737. The second kappa shape index (κ2) is 23.8. The van der Waals surface area contributed by atoms with Crippen LogP contribution in [0.5, 0.6) is 0 Å². The molecule has 6 rings (SSSR count). The van der Waals surface area contributed by atoms with E-state index in [1.165, 1.54) is 26.2 Å². The van der Waals surface area contributed by atoms with E-state index >= 15 is 0 Å². The minimum absolute atomic E-state index is 0.0165. The second-order valence-corrected chi connectivity index (χ2v) is 20.1. The summed E-state index contributed by atoms with van der Waals surface area (Å²) >= 11 is 0. The number of carbonyl (C=O) groups excluding carboxylic acids is 3. The number of aromatic nitrogens is 6. The van der Waals surface area contributed by atoms with E-state index in [-0.39, 0.29) is 95.2 Å². The molecule has 0 aliphatic heterocycles. The molecule has 0 spiro atoms. The van der Waals surface area contributed by atoms with Crippen LogP contribution in [0.15, 0.2) is 18.6 Å². The van der Waals surface area contributed by atoms with Crippen LogP contribution >= 0.6 is 0 Å². The van der Waals surface area contributed by atoms with Gasteiger partial charge in [0.2, 0.25) is 17.8 Å². The summed E-state index contributed by atoms with van der Waals surface area (Å²) in [6.07, 6.45) is -7.45. The first-order valence-corrected chi connectivity index (χ1v) is 22.5. The quantitative estimate of drug-likeness (QED) is 0.110. The molecule has 9 atom stereocenters. The molecule has 3 fully saturated rings. The summed E-state index contributed by atoms with van der Waals surface area (Å²) in [5.41, 5.74) is 14.9. The van der Waals surface area contributed by atoms with Gasteiger partial charge >= 0.3 is 0 Å². The summed E-state index contributed by atoms with van der Waals surface area (Å²) in [6, 6.07) is -4.58. The summed E-state index contributed by atoms with van der Waals surface area (Å²) < 4.78 is 105. The van der Waals surface area contributed by atoms with Crippen LogP contribution in [-0.2, 0) is 0 Å². The van der Waals surface area contributed by atoms with Crippen molar-refractivity contribution in [1.29, 1.82) is 0 Å². The third-order valence-corrected chi connectivity index (χ3v) is 10.1. The van der Waals surface area contributed by atoms with Crippen LogP contribution in [0.1, 0.15) is 190 Å². The monoisotopic (exact) mass is 977 g/mol. The Bertz CT molecular complexity index is 2820. The molecule has 3 aromatic rings. The number of aliphatic hydroxyl groups excluding tert-OH is 2. The fourth-order valence-corrected chi connectivity index (χ4v) is 6.55.